The molecule has 0 aliphatic carbocycles. The van der Waals surface area contributed by atoms with Crippen molar-refractivity contribution in [1.29, 1.82) is 0 Å². The average Bonchev–Trinajstić information content (AvgIpc) is 2.36. The number of hydrogen-bond acceptors (Lipinski definition) is 5. The topological polar surface area (TPSA) is 70.3 Å². The molecule has 5 nitrogen and oxygen atoms in total. The lowest BCUT2D eigenvalue weighted by Crippen LogP contribution is -1.99. The molecule has 2 aromatic rings. The van der Waals surface area contributed by atoms with Crippen LogP contribution in [0.1, 0.15) is 5.82 Å². The summed E-state index contributed by atoms with van der Waals surface area (Å²) in [5.74, 6) is 2.35. The zero-order valence-corrected chi connectivity index (χ0v) is 10.6. The molecule has 5 heteroatoms. The molecule has 0 fully saturated rings. The van der Waals surface area contributed by atoms with Crippen LogP contribution in [0.3, 0.4) is 0 Å². The minimum atomic E-state index is 0.433. The number of nitrogen functional groups attached to an aromatic ring is 1. The zero-order chi connectivity index (χ0) is 13.1. The van der Waals surface area contributed by atoms with Crippen LogP contribution in [-0.4, -0.2) is 24.2 Å². The van der Waals surface area contributed by atoms with E-state index in [2.05, 4.69) is 9.97 Å². The van der Waals surface area contributed by atoms with Crippen LogP contribution in [0.2, 0.25) is 0 Å². The molecule has 18 heavy (non-hydrogen) atoms. The van der Waals surface area contributed by atoms with Gasteiger partial charge in [0.25, 0.3) is 0 Å². The predicted molar refractivity (Wildman–Crippen MR) is 69.7 cm³/mol. The highest BCUT2D eigenvalue weighted by atomic mass is 16.5. The Kier molecular flexibility index (Phi) is 3.32. The maximum absolute atomic E-state index is 5.74. The minimum absolute atomic E-state index is 0.433. The van der Waals surface area contributed by atoms with E-state index in [0.29, 0.717) is 23.1 Å². The summed E-state index contributed by atoms with van der Waals surface area (Å²) in [5.41, 5.74) is 7.28. The Balaban J connectivity index is 2.63. The van der Waals surface area contributed by atoms with Crippen LogP contribution in [0.25, 0.3) is 11.3 Å². The molecule has 0 aliphatic heterocycles. The van der Waals surface area contributed by atoms with Crippen LogP contribution in [0.4, 0.5) is 5.82 Å². The summed E-state index contributed by atoms with van der Waals surface area (Å²) in [7, 11) is 3.19. The van der Waals surface area contributed by atoms with E-state index in [-0.39, 0.29) is 0 Å². The smallest absolute Gasteiger partial charge is 0.170 e. The van der Waals surface area contributed by atoms with Gasteiger partial charge in [-0.05, 0) is 19.1 Å². The summed E-state index contributed by atoms with van der Waals surface area (Å²) in [4.78, 5) is 8.41. The molecule has 0 saturated carbocycles. The van der Waals surface area contributed by atoms with E-state index in [4.69, 9.17) is 15.2 Å². The fourth-order valence-electron chi connectivity index (χ4n) is 1.82. The largest absolute Gasteiger partial charge is 0.493 e. The molecule has 0 radical (unpaired) electrons. The van der Waals surface area contributed by atoms with Crippen LogP contribution in [0, 0.1) is 6.92 Å². The standard InChI is InChI=1S/C13H15N3O2/c1-8-15-10(7-12(14)16-8)9-5-4-6-11(17-2)13(9)18-3/h4-7H,1-3H3,(H2,14,15,16). The summed E-state index contributed by atoms with van der Waals surface area (Å²) in [6, 6.07) is 7.33. The normalized spacial score (nSPS) is 10.2. The average molecular weight is 245 g/mol. The summed E-state index contributed by atoms with van der Waals surface area (Å²) < 4.78 is 10.6. The van der Waals surface area contributed by atoms with Crippen molar-refractivity contribution in [3.05, 3.63) is 30.1 Å². The number of aryl methyl sites for hydroxylation is 1. The zero-order valence-electron chi connectivity index (χ0n) is 10.6. The second kappa shape index (κ2) is 4.91. The number of para-hydroxylation sites is 1. The van der Waals surface area contributed by atoms with Crippen molar-refractivity contribution >= 4 is 5.82 Å². The number of ether oxygens (including phenoxy) is 2. The van der Waals surface area contributed by atoms with Gasteiger partial charge >= 0.3 is 0 Å². The number of nitrogens with two attached hydrogens (primary N) is 1. The molecular formula is C13H15N3O2. The third-order valence-corrected chi connectivity index (χ3v) is 2.54. The second-order valence-electron chi connectivity index (χ2n) is 3.77. The molecule has 1 aromatic heterocycles. The third-order valence-electron chi connectivity index (χ3n) is 2.54. The first-order valence-electron chi connectivity index (χ1n) is 5.48. The molecular weight excluding hydrogens is 230 g/mol. The lowest BCUT2D eigenvalue weighted by atomic mass is 10.1. The number of aromatic nitrogens is 2. The van der Waals surface area contributed by atoms with Gasteiger partial charge in [0.15, 0.2) is 11.5 Å². The Morgan fingerprint density at radius 1 is 1.11 bits per heavy atom. The van der Waals surface area contributed by atoms with E-state index in [1.54, 1.807) is 27.2 Å². The SMILES string of the molecule is COc1cccc(-c2cc(N)nc(C)n2)c1OC. The highest BCUT2D eigenvalue weighted by Gasteiger charge is 2.13. The lowest BCUT2D eigenvalue weighted by molar-refractivity contribution is 0.356. The van der Waals surface area contributed by atoms with E-state index in [1.807, 2.05) is 18.2 Å². The molecule has 0 unspecified atom stereocenters. The number of anilines is 1. The quantitative estimate of drug-likeness (QED) is 0.896. The monoisotopic (exact) mass is 245 g/mol. The van der Waals surface area contributed by atoms with Crippen molar-refractivity contribution in [2.45, 2.75) is 6.92 Å². The van der Waals surface area contributed by atoms with Crippen molar-refractivity contribution in [3.63, 3.8) is 0 Å². The molecule has 0 aliphatic rings. The number of methoxy groups -OCH3 is 2. The molecule has 0 amide bonds. The number of nitrogens with zero attached hydrogens (tertiary/aromatic N) is 2. The second-order valence-corrected chi connectivity index (χ2v) is 3.77. The molecule has 94 valence electrons. The van der Waals surface area contributed by atoms with Crippen LogP contribution in [0.15, 0.2) is 24.3 Å². The summed E-state index contributed by atoms with van der Waals surface area (Å²) in [6.45, 7) is 1.80. The van der Waals surface area contributed by atoms with Crippen molar-refractivity contribution < 1.29 is 9.47 Å². The van der Waals surface area contributed by atoms with Gasteiger partial charge in [-0.1, -0.05) is 6.07 Å². The van der Waals surface area contributed by atoms with Crippen molar-refractivity contribution in [1.82, 2.24) is 9.97 Å². The Morgan fingerprint density at radius 3 is 2.50 bits per heavy atom. The van der Waals surface area contributed by atoms with Gasteiger partial charge in [0.1, 0.15) is 11.6 Å². The van der Waals surface area contributed by atoms with Gasteiger partial charge in [-0.15, -0.1) is 0 Å². The van der Waals surface area contributed by atoms with Gasteiger partial charge in [-0.2, -0.15) is 0 Å². The molecule has 0 spiro atoms. The Bertz CT molecular complexity index is 550. The summed E-state index contributed by atoms with van der Waals surface area (Å²) in [5, 5.41) is 0. The molecule has 0 saturated heterocycles. The van der Waals surface area contributed by atoms with Crippen LogP contribution in [-0.2, 0) is 0 Å². The van der Waals surface area contributed by atoms with Gasteiger partial charge in [0.05, 0.1) is 19.9 Å². The first kappa shape index (κ1) is 12.2. The van der Waals surface area contributed by atoms with E-state index in [0.717, 1.165) is 11.3 Å². The molecule has 0 bridgehead atoms. The summed E-state index contributed by atoms with van der Waals surface area (Å²) >= 11 is 0. The molecule has 1 aromatic carbocycles. The van der Waals surface area contributed by atoms with Gasteiger partial charge in [-0.25, -0.2) is 9.97 Å². The van der Waals surface area contributed by atoms with E-state index in [9.17, 15) is 0 Å². The number of rotatable bonds is 3. The maximum atomic E-state index is 5.74. The highest BCUT2D eigenvalue weighted by Crippen LogP contribution is 2.37. The molecule has 0 atom stereocenters. The number of hydrogen-bond donors (Lipinski definition) is 1. The first-order valence-corrected chi connectivity index (χ1v) is 5.48. The van der Waals surface area contributed by atoms with Gasteiger partial charge in [0.2, 0.25) is 0 Å². The highest BCUT2D eigenvalue weighted by molar-refractivity contribution is 5.72. The maximum Gasteiger partial charge on any atom is 0.170 e. The Hall–Kier alpha value is -2.30. The Labute approximate surface area is 106 Å². The van der Waals surface area contributed by atoms with E-state index < -0.39 is 0 Å². The molecule has 2 rings (SSSR count). The molecule has 1 heterocycles. The third kappa shape index (κ3) is 2.20. The predicted octanol–water partition coefficient (Wildman–Crippen LogP) is 2.05. The van der Waals surface area contributed by atoms with Crippen molar-refractivity contribution in [2.24, 2.45) is 0 Å². The van der Waals surface area contributed by atoms with E-state index >= 15 is 0 Å². The first-order chi connectivity index (χ1) is 8.65. The van der Waals surface area contributed by atoms with E-state index in [1.165, 1.54) is 0 Å². The van der Waals surface area contributed by atoms with Crippen molar-refractivity contribution in [3.8, 4) is 22.8 Å². The summed E-state index contributed by atoms with van der Waals surface area (Å²) in [6.07, 6.45) is 0. The van der Waals surface area contributed by atoms with Crippen LogP contribution in [0.5, 0.6) is 11.5 Å². The minimum Gasteiger partial charge on any atom is -0.493 e. The Morgan fingerprint density at radius 2 is 1.89 bits per heavy atom. The van der Waals surface area contributed by atoms with Gasteiger partial charge in [0, 0.05) is 11.6 Å². The number of benzene rings is 1. The fraction of sp³-hybridized carbons (Fsp3) is 0.231. The van der Waals surface area contributed by atoms with Crippen LogP contribution >= 0.6 is 0 Å². The van der Waals surface area contributed by atoms with Gasteiger partial charge in [-0.3, -0.25) is 0 Å². The lowest BCUT2D eigenvalue weighted by Gasteiger charge is -2.12. The van der Waals surface area contributed by atoms with Crippen LogP contribution < -0.4 is 15.2 Å². The van der Waals surface area contributed by atoms with Crippen molar-refractivity contribution in [2.75, 3.05) is 20.0 Å². The van der Waals surface area contributed by atoms with Gasteiger partial charge < -0.3 is 15.2 Å². The fourth-order valence-corrected chi connectivity index (χ4v) is 1.82. The molecule has 2 N–H and O–H groups in total.